The minimum atomic E-state index is -0.543. The van der Waals surface area contributed by atoms with Crippen molar-refractivity contribution in [3.63, 3.8) is 0 Å². The molecule has 0 saturated carbocycles. The molecular formula is C9H20B5NO2. The summed E-state index contributed by atoms with van der Waals surface area (Å²) in [4.78, 5) is 24.3. The van der Waals surface area contributed by atoms with E-state index in [1.807, 2.05) is 39.2 Å². The van der Waals surface area contributed by atoms with Gasteiger partial charge in [0.25, 0.3) is 0 Å². The molecule has 2 amide bonds. The number of carbonyl (C=O) groups excluding carboxylic acids is 2. The molecule has 8 heteroatoms. The number of amides is 2. The first-order chi connectivity index (χ1) is 7.53. The van der Waals surface area contributed by atoms with Crippen LogP contribution in [0.4, 0.5) is 0 Å². The number of imide groups is 1. The van der Waals surface area contributed by atoms with E-state index in [0.29, 0.717) is 0 Å². The van der Waals surface area contributed by atoms with Gasteiger partial charge in [-0.05, 0) is 11.1 Å². The minimum Gasteiger partial charge on any atom is -0.297 e. The molecule has 2 unspecified atom stereocenters. The molecule has 0 aromatic carbocycles. The SMILES string of the molecule is BC1(B)C(=O)NC(=O)C(B)(C(C)CC)C1(B)B. The fraction of sp³-hybridized carbons (Fsp3) is 0.778. The summed E-state index contributed by atoms with van der Waals surface area (Å²) in [6.45, 7) is 4.18. The van der Waals surface area contributed by atoms with Gasteiger partial charge in [-0.25, -0.2) is 0 Å². The number of rotatable bonds is 2. The maximum atomic E-state index is 12.3. The van der Waals surface area contributed by atoms with Crippen LogP contribution in [0.3, 0.4) is 0 Å². The molecule has 1 N–H and O–H groups in total. The molecule has 0 aliphatic carbocycles. The topological polar surface area (TPSA) is 46.2 Å². The standard InChI is InChI=1S/C9H20B5NO2/c1-3-4(2)7(10)5(16)15-6(17)8(11,12)9(7,13)14/h4H,3,10-14H2,1-2H3,(H,15,16,17). The maximum Gasteiger partial charge on any atom is 0.224 e. The molecule has 0 aromatic heterocycles. The summed E-state index contributed by atoms with van der Waals surface area (Å²) < 4.78 is 0. The van der Waals surface area contributed by atoms with Crippen LogP contribution in [-0.4, -0.2) is 51.0 Å². The highest BCUT2D eigenvalue weighted by Gasteiger charge is 2.61. The van der Waals surface area contributed by atoms with Gasteiger partial charge in [0.05, 0.1) is 15.7 Å². The lowest BCUT2D eigenvalue weighted by atomic mass is 9.18. The van der Waals surface area contributed by atoms with Crippen LogP contribution in [0.2, 0.25) is 15.7 Å². The molecule has 0 radical (unpaired) electrons. The van der Waals surface area contributed by atoms with Gasteiger partial charge in [0, 0.05) is 5.31 Å². The number of nitrogens with one attached hydrogen (secondary N) is 1. The number of hydrogen-bond donors (Lipinski definition) is 1. The summed E-state index contributed by atoms with van der Waals surface area (Å²) in [6.07, 6.45) is 0.928. The monoisotopic (exact) mass is 229 g/mol. The fourth-order valence-electron chi connectivity index (χ4n) is 2.85. The van der Waals surface area contributed by atoms with Crippen LogP contribution in [0.15, 0.2) is 0 Å². The van der Waals surface area contributed by atoms with Crippen LogP contribution in [0.1, 0.15) is 20.3 Å². The van der Waals surface area contributed by atoms with E-state index in [1.165, 1.54) is 0 Å². The molecule has 3 nitrogen and oxygen atoms in total. The number of carbonyl (C=O) groups is 2. The van der Waals surface area contributed by atoms with E-state index in [0.717, 1.165) is 6.42 Å². The van der Waals surface area contributed by atoms with E-state index in [4.69, 9.17) is 0 Å². The third kappa shape index (κ3) is 1.63. The van der Waals surface area contributed by atoms with Gasteiger partial charge in [0.15, 0.2) is 0 Å². The number of piperidine rings is 1. The first-order valence-corrected chi connectivity index (χ1v) is 6.39. The molecule has 2 atom stereocenters. The molecule has 0 aromatic rings. The fourth-order valence-corrected chi connectivity index (χ4v) is 2.85. The Morgan fingerprint density at radius 3 is 2.00 bits per heavy atom. The minimum absolute atomic E-state index is 0.124. The van der Waals surface area contributed by atoms with Crippen LogP contribution in [0.5, 0.6) is 0 Å². The largest absolute Gasteiger partial charge is 0.297 e. The lowest BCUT2D eigenvalue weighted by Gasteiger charge is -2.58. The van der Waals surface area contributed by atoms with Crippen molar-refractivity contribution in [2.24, 2.45) is 5.92 Å². The van der Waals surface area contributed by atoms with E-state index < -0.39 is 10.5 Å². The molecule has 0 spiro atoms. The summed E-state index contributed by atoms with van der Waals surface area (Å²) >= 11 is 0. The number of hydrogen-bond acceptors (Lipinski definition) is 2. The maximum absolute atomic E-state index is 12.3. The predicted molar refractivity (Wildman–Crippen MR) is 83.4 cm³/mol. The Morgan fingerprint density at radius 2 is 1.59 bits per heavy atom. The van der Waals surface area contributed by atoms with Crippen LogP contribution in [0.25, 0.3) is 0 Å². The van der Waals surface area contributed by atoms with Gasteiger partial charge in [-0.15, -0.1) is 0 Å². The van der Waals surface area contributed by atoms with E-state index in [2.05, 4.69) is 19.2 Å². The molecule has 0 bridgehead atoms. The quantitative estimate of drug-likeness (QED) is 0.390. The molecule has 1 aliphatic heterocycles. The van der Waals surface area contributed by atoms with Crippen molar-refractivity contribution in [2.45, 2.75) is 36.0 Å². The highest BCUT2D eigenvalue weighted by molar-refractivity contribution is 6.66. The van der Waals surface area contributed by atoms with Crippen molar-refractivity contribution in [2.75, 3.05) is 0 Å². The summed E-state index contributed by atoms with van der Waals surface area (Å²) in [5.74, 6) is -0.0423. The van der Waals surface area contributed by atoms with Gasteiger partial charge >= 0.3 is 0 Å². The summed E-state index contributed by atoms with van der Waals surface area (Å²) in [6, 6.07) is 0. The third-order valence-electron chi connectivity index (χ3n) is 5.73. The molecule has 17 heavy (non-hydrogen) atoms. The summed E-state index contributed by atoms with van der Waals surface area (Å²) in [7, 11) is 9.92. The third-order valence-corrected chi connectivity index (χ3v) is 5.73. The van der Waals surface area contributed by atoms with Crippen molar-refractivity contribution in [1.82, 2.24) is 5.32 Å². The van der Waals surface area contributed by atoms with Crippen LogP contribution >= 0.6 is 0 Å². The first-order valence-electron chi connectivity index (χ1n) is 6.39. The molecule has 88 valence electrons. The smallest absolute Gasteiger partial charge is 0.224 e. The van der Waals surface area contributed by atoms with Gasteiger partial charge in [0.2, 0.25) is 11.8 Å². The van der Waals surface area contributed by atoms with Gasteiger partial charge in [-0.2, -0.15) is 0 Å². The molecule has 1 rings (SSSR count). The first kappa shape index (κ1) is 14.5. The van der Waals surface area contributed by atoms with Gasteiger partial charge in [0.1, 0.15) is 23.5 Å². The second kappa shape index (κ2) is 3.99. The Bertz CT molecular complexity index is 370. The second-order valence-electron chi connectivity index (χ2n) is 6.54. The second-order valence-corrected chi connectivity index (χ2v) is 6.54. The van der Waals surface area contributed by atoms with Crippen molar-refractivity contribution >= 4 is 51.0 Å². The Morgan fingerprint density at radius 1 is 1.12 bits per heavy atom. The van der Waals surface area contributed by atoms with Crippen LogP contribution < -0.4 is 5.32 Å². The summed E-state index contributed by atoms with van der Waals surface area (Å²) in [5, 5.41) is 1.13. The average molecular weight is 228 g/mol. The zero-order valence-corrected chi connectivity index (χ0v) is 12.1. The van der Waals surface area contributed by atoms with Crippen molar-refractivity contribution < 1.29 is 9.59 Å². The highest BCUT2D eigenvalue weighted by Crippen LogP contribution is 2.63. The molecular weight excluding hydrogens is 208 g/mol. The molecule has 1 saturated heterocycles. The van der Waals surface area contributed by atoms with Gasteiger partial charge in [-0.1, -0.05) is 25.5 Å². The van der Waals surface area contributed by atoms with E-state index in [9.17, 15) is 9.59 Å². The average Bonchev–Trinajstić information content (AvgIpc) is 2.24. The Hall–Kier alpha value is -0.535. The van der Waals surface area contributed by atoms with Crippen LogP contribution in [-0.2, 0) is 9.59 Å². The van der Waals surface area contributed by atoms with Crippen molar-refractivity contribution in [3.8, 4) is 0 Å². The van der Waals surface area contributed by atoms with E-state index in [-0.39, 0.29) is 22.9 Å². The lowest BCUT2D eigenvalue weighted by molar-refractivity contribution is -0.138. The Labute approximate surface area is 108 Å². The normalized spacial score (nSPS) is 32.8. The van der Waals surface area contributed by atoms with Crippen molar-refractivity contribution in [3.05, 3.63) is 0 Å². The Kier molecular flexibility index (Phi) is 3.41. The molecule has 1 heterocycles. The summed E-state index contributed by atoms with van der Waals surface area (Å²) in [5.41, 5.74) is 0. The predicted octanol–water partition coefficient (Wildman–Crippen LogP) is -3.75. The molecule has 1 fully saturated rings. The van der Waals surface area contributed by atoms with E-state index >= 15 is 0 Å². The Balaban J connectivity index is 3.39. The van der Waals surface area contributed by atoms with Gasteiger partial charge in [-0.3, -0.25) is 14.9 Å². The van der Waals surface area contributed by atoms with Crippen molar-refractivity contribution in [1.29, 1.82) is 0 Å². The highest BCUT2D eigenvalue weighted by atomic mass is 16.2. The zero-order chi connectivity index (χ0) is 13.6. The van der Waals surface area contributed by atoms with Crippen LogP contribution in [0, 0.1) is 5.92 Å². The van der Waals surface area contributed by atoms with Gasteiger partial charge < -0.3 is 0 Å². The molecule has 1 aliphatic rings. The zero-order valence-electron chi connectivity index (χ0n) is 12.1. The lowest BCUT2D eigenvalue weighted by Crippen LogP contribution is -2.63. The van der Waals surface area contributed by atoms with E-state index in [1.54, 1.807) is 0 Å².